The van der Waals surface area contributed by atoms with Gasteiger partial charge in [0.05, 0.1) is 11.7 Å². The van der Waals surface area contributed by atoms with Crippen molar-refractivity contribution in [1.82, 2.24) is 14.8 Å². The lowest BCUT2D eigenvalue weighted by molar-refractivity contribution is 0.959. The van der Waals surface area contributed by atoms with Gasteiger partial charge in [-0.3, -0.25) is 0 Å². The summed E-state index contributed by atoms with van der Waals surface area (Å²) in [6.45, 7) is 10.0. The summed E-state index contributed by atoms with van der Waals surface area (Å²) < 4.78 is 2.05. The summed E-state index contributed by atoms with van der Waals surface area (Å²) in [6, 6.07) is 1.97. The molecule has 0 aliphatic carbocycles. The maximum atomic E-state index is 4.03. The summed E-state index contributed by atoms with van der Waals surface area (Å²) in [5.74, 6) is 0. The van der Waals surface area contributed by atoms with Crippen molar-refractivity contribution in [2.45, 2.75) is 34.6 Å². The van der Waals surface area contributed by atoms with Gasteiger partial charge in [-0.05, 0) is 18.6 Å². The van der Waals surface area contributed by atoms with Crippen LogP contribution in [0.25, 0.3) is 11.0 Å². The molecule has 3 nitrogen and oxygen atoms in total. The van der Waals surface area contributed by atoms with Crippen molar-refractivity contribution in [3.05, 3.63) is 24.0 Å². The highest BCUT2D eigenvalue weighted by Crippen LogP contribution is 2.14. The van der Waals surface area contributed by atoms with Gasteiger partial charge in [0.1, 0.15) is 5.52 Å². The van der Waals surface area contributed by atoms with Gasteiger partial charge in [0.25, 0.3) is 0 Å². The lowest BCUT2D eigenvalue weighted by atomic mass is 10.3. The standard InChI is InChI=1S/C8H9N3.2C2H6/c1-6-5-11(2)7-3-4-9-10-8(6)7;2*1-2/h3-5H,1-2H3;2*1-2H3. The first-order chi connectivity index (χ1) is 7.29. The minimum Gasteiger partial charge on any atom is -0.349 e. The lowest BCUT2D eigenvalue weighted by Gasteiger charge is -1.90. The van der Waals surface area contributed by atoms with Crippen molar-refractivity contribution in [2.75, 3.05) is 0 Å². The smallest absolute Gasteiger partial charge is 0.114 e. The first-order valence-corrected chi connectivity index (χ1v) is 5.52. The number of fused-ring (bicyclic) bond motifs is 1. The molecule has 2 heterocycles. The van der Waals surface area contributed by atoms with Gasteiger partial charge in [-0.2, -0.15) is 5.10 Å². The predicted octanol–water partition coefficient (Wildman–Crippen LogP) is 3.33. The largest absolute Gasteiger partial charge is 0.349 e. The van der Waals surface area contributed by atoms with Gasteiger partial charge in [0.2, 0.25) is 0 Å². The van der Waals surface area contributed by atoms with Crippen molar-refractivity contribution in [3.8, 4) is 0 Å². The Morgan fingerprint density at radius 3 is 2.27 bits per heavy atom. The van der Waals surface area contributed by atoms with Gasteiger partial charge >= 0.3 is 0 Å². The molecular formula is C12H21N3. The topological polar surface area (TPSA) is 30.7 Å². The van der Waals surface area contributed by atoms with E-state index in [-0.39, 0.29) is 0 Å². The van der Waals surface area contributed by atoms with Gasteiger partial charge in [0, 0.05) is 13.2 Å². The summed E-state index contributed by atoms with van der Waals surface area (Å²) in [7, 11) is 2.01. The van der Waals surface area contributed by atoms with E-state index in [2.05, 4.69) is 21.0 Å². The molecule has 3 heteroatoms. The van der Waals surface area contributed by atoms with Crippen LogP contribution in [0, 0.1) is 6.92 Å². The number of aromatic nitrogens is 3. The summed E-state index contributed by atoms with van der Waals surface area (Å²) >= 11 is 0. The average molecular weight is 207 g/mol. The SMILES string of the molecule is CC.CC.Cc1cn(C)c2ccnnc12. The van der Waals surface area contributed by atoms with Crippen LogP contribution in [0.2, 0.25) is 0 Å². The maximum absolute atomic E-state index is 4.03. The third-order valence-electron chi connectivity index (χ3n) is 1.84. The molecule has 0 unspecified atom stereocenters. The van der Waals surface area contributed by atoms with Crippen LogP contribution < -0.4 is 0 Å². The molecule has 84 valence electrons. The van der Waals surface area contributed by atoms with Crippen LogP contribution in [0.1, 0.15) is 33.3 Å². The molecule has 0 bridgehead atoms. The van der Waals surface area contributed by atoms with E-state index in [0.29, 0.717) is 0 Å². The van der Waals surface area contributed by atoms with Crippen molar-refractivity contribution >= 4 is 11.0 Å². The normalized spacial score (nSPS) is 8.67. The molecule has 0 aliphatic heterocycles. The molecule has 0 saturated heterocycles. The van der Waals surface area contributed by atoms with E-state index in [1.807, 2.05) is 47.7 Å². The Bertz CT molecular complexity index is 355. The molecule has 0 aromatic carbocycles. The molecule has 0 spiro atoms. The van der Waals surface area contributed by atoms with E-state index >= 15 is 0 Å². The Balaban J connectivity index is 0.000000442. The highest BCUT2D eigenvalue weighted by Gasteiger charge is 2.01. The Morgan fingerprint density at radius 2 is 1.73 bits per heavy atom. The zero-order valence-electron chi connectivity index (χ0n) is 10.6. The number of hydrogen-bond acceptors (Lipinski definition) is 2. The molecule has 0 radical (unpaired) electrons. The van der Waals surface area contributed by atoms with E-state index < -0.39 is 0 Å². The third-order valence-corrected chi connectivity index (χ3v) is 1.84. The second-order valence-electron chi connectivity index (χ2n) is 2.69. The number of hydrogen-bond donors (Lipinski definition) is 0. The van der Waals surface area contributed by atoms with Gasteiger partial charge in [-0.15, -0.1) is 5.10 Å². The molecular weight excluding hydrogens is 186 g/mol. The number of rotatable bonds is 0. The van der Waals surface area contributed by atoms with E-state index in [1.54, 1.807) is 6.20 Å². The Kier molecular flexibility index (Phi) is 6.34. The van der Waals surface area contributed by atoms with Crippen LogP contribution in [0.15, 0.2) is 18.5 Å². The number of aryl methyl sites for hydroxylation is 2. The molecule has 0 N–H and O–H groups in total. The zero-order chi connectivity index (χ0) is 11.8. The average Bonchev–Trinajstić information content (AvgIpc) is 2.61. The molecule has 0 amide bonds. The quantitative estimate of drug-likeness (QED) is 0.663. The molecule has 2 rings (SSSR count). The first kappa shape index (κ1) is 13.6. The summed E-state index contributed by atoms with van der Waals surface area (Å²) in [5, 5.41) is 7.85. The second-order valence-corrected chi connectivity index (χ2v) is 2.69. The van der Waals surface area contributed by atoms with Crippen LogP contribution >= 0.6 is 0 Å². The highest BCUT2D eigenvalue weighted by molar-refractivity contribution is 5.78. The van der Waals surface area contributed by atoms with Crippen LogP contribution in [0.5, 0.6) is 0 Å². The first-order valence-electron chi connectivity index (χ1n) is 5.52. The molecule has 0 fully saturated rings. The minimum atomic E-state index is 0.995. The van der Waals surface area contributed by atoms with Crippen LogP contribution in [-0.4, -0.2) is 14.8 Å². The Labute approximate surface area is 92.1 Å². The maximum Gasteiger partial charge on any atom is 0.114 e. The van der Waals surface area contributed by atoms with Gasteiger partial charge < -0.3 is 4.57 Å². The van der Waals surface area contributed by atoms with Crippen LogP contribution in [-0.2, 0) is 7.05 Å². The number of nitrogens with zero attached hydrogens (tertiary/aromatic N) is 3. The van der Waals surface area contributed by atoms with Crippen LogP contribution in [0.3, 0.4) is 0 Å². The van der Waals surface area contributed by atoms with E-state index in [4.69, 9.17) is 0 Å². The molecule has 2 aromatic heterocycles. The van der Waals surface area contributed by atoms with E-state index in [9.17, 15) is 0 Å². The summed E-state index contributed by atoms with van der Waals surface area (Å²) in [4.78, 5) is 0. The molecule has 0 atom stereocenters. The lowest BCUT2D eigenvalue weighted by Crippen LogP contribution is -1.85. The van der Waals surface area contributed by atoms with E-state index in [1.165, 1.54) is 5.56 Å². The zero-order valence-corrected chi connectivity index (χ0v) is 10.6. The predicted molar refractivity (Wildman–Crippen MR) is 65.9 cm³/mol. The highest BCUT2D eigenvalue weighted by atomic mass is 15.1. The second kappa shape index (κ2) is 6.98. The van der Waals surface area contributed by atoms with Crippen molar-refractivity contribution in [2.24, 2.45) is 7.05 Å². The fraction of sp³-hybridized carbons (Fsp3) is 0.500. The van der Waals surface area contributed by atoms with Gasteiger partial charge in [-0.1, -0.05) is 27.7 Å². The van der Waals surface area contributed by atoms with Crippen molar-refractivity contribution < 1.29 is 0 Å². The molecule has 15 heavy (non-hydrogen) atoms. The fourth-order valence-electron chi connectivity index (χ4n) is 1.31. The summed E-state index contributed by atoms with van der Waals surface area (Å²) in [5.41, 5.74) is 3.31. The van der Waals surface area contributed by atoms with Crippen LogP contribution in [0.4, 0.5) is 0 Å². The molecule has 2 aromatic rings. The third kappa shape index (κ3) is 3.05. The monoisotopic (exact) mass is 207 g/mol. The van der Waals surface area contributed by atoms with Gasteiger partial charge in [-0.25, -0.2) is 0 Å². The molecule has 0 saturated carbocycles. The van der Waals surface area contributed by atoms with Gasteiger partial charge in [0.15, 0.2) is 0 Å². The summed E-state index contributed by atoms with van der Waals surface area (Å²) in [6.07, 6.45) is 3.76. The Hall–Kier alpha value is -1.38. The van der Waals surface area contributed by atoms with Crippen molar-refractivity contribution in [3.63, 3.8) is 0 Å². The van der Waals surface area contributed by atoms with E-state index in [0.717, 1.165) is 11.0 Å². The molecule has 0 aliphatic rings. The van der Waals surface area contributed by atoms with Crippen molar-refractivity contribution in [1.29, 1.82) is 0 Å². The fourth-order valence-corrected chi connectivity index (χ4v) is 1.31. The Morgan fingerprint density at radius 1 is 1.13 bits per heavy atom. The minimum absolute atomic E-state index is 0.995.